The molecule has 0 bridgehead atoms. The van der Waals surface area contributed by atoms with Crippen LogP contribution in [0.3, 0.4) is 0 Å². The van der Waals surface area contributed by atoms with Crippen molar-refractivity contribution >= 4 is 35.1 Å². The highest BCUT2D eigenvalue weighted by Gasteiger charge is 2.30. The number of amides is 2. The molecule has 1 fully saturated rings. The number of rotatable bonds is 6. The highest BCUT2D eigenvalue weighted by atomic mass is 19.4. The molecule has 1 saturated heterocycles. The first-order valence-corrected chi connectivity index (χ1v) is 11.0. The number of nitrogens with one attached hydrogen (secondary N) is 2. The Morgan fingerprint density at radius 2 is 1.81 bits per heavy atom. The van der Waals surface area contributed by atoms with Gasteiger partial charge in [0, 0.05) is 37.2 Å². The number of carbonyl (C=O) groups is 2. The molecule has 3 aromatic rings. The van der Waals surface area contributed by atoms with Crippen LogP contribution in [-0.2, 0) is 15.7 Å². The van der Waals surface area contributed by atoms with Gasteiger partial charge >= 0.3 is 6.18 Å². The highest BCUT2D eigenvalue weighted by Crippen LogP contribution is 2.30. The molecule has 8 nitrogen and oxygen atoms in total. The number of anilines is 3. The zero-order chi connectivity index (χ0) is 25.5. The van der Waals surface area contributed by atoms with Gasteiger partial charge in [0.2, 0.25) is 5.91 Å². The van der Waals surface area contributed by atoms with E-state index >= 15 is 0 Å². The number of hydrogen-bond donors (Lipinski definition) is 2. The molecule has 186 valence electrons. The average Bonchev–Trinajstić information content (AvgIpc) is 2.88. The number of aromatic nitrogens is 2. The number of halogens is 3. The minimum atomic E-state index is -4.52. The molecule has 36 heavy (non-hydrogen) atoms. The van der Waals surface area contributed by atoms with E-state index in [1.54, 1.807) is 12.3 Å². The first-order chi connectivity index (χ1) is 17.3. The smallest absolute Gasteiger partial charge is 0.378 e. The fourth-order valence-corrected chi connectivity index (χ4v) is 3.46. The molecule has 4 rings (SSSR count). The van der Waals surface area contributed by atoms with Crippen LogP contribution in [-0.4, -0.2) is 48.1 Å². The molecule has 0 atom stereocenters. The van der Waals surface area contributed by atoms with Gasteiger partial charge in [0.15, 0.2) is 0 Å². The van der Waals surface area contributed by atoms with Gasteiger partial charge in [-0.2, -0.15) is 13.2 Å². The van der Waals surface area contributed by atoms with E-state index in [-0.39, 0.29) is 11.3 Å². The fourth-order valence-electron chi connectivity index (χ4n) is 3.46. The van der Waals surface area contributed by atoms with Crippen LogP contribution in [0.2, 0.25) is 0 Å². The van der Waals surface area contributed by atoms with Gasteiger partial charge in [-0.15, -0.1) is 0 Å². The molecular weight excluding hydrogens is 475 g/mol. The van der Waals surface area contributed by atoms with Crippen LogP contribution in [0.4, 0.5) is 30.4 Å². The Balaban J connectivity index is 1.35. The molecule has 0 unspecified atom stereocenters. The number of pyridine rings is 2. The second-order valence-electron chi connectivity index (χ2n) is 7.86. The number of hydrogen-bond acceptors (Lipinski definition) is 6. The lowest BCUT2D eigenvalue weighted by Gasteiger charge is -2.28. The van der Waals surface area contributed by atoms with Crippen LogP contribution in [0.15, 0.2) is 67.1 Å². The highest BCUT2D eigenvalue weighted by molar-refractivity contribution is 6.05. The average molecular weight is 497 g/mol. The molecule has 2 amide bonds. The predicted molar refractivity (Wildman–Crippen MR) is 129 cm³/mol. The number of alkyl halides is 3. The molecule has 0 radical (unpaired) electrons. The molecule has 1 aliphatic rings. The SMILES string of the molecule is O=C(C=Cc1cncc(C(=O)Nc2cccc(C(F)(F)F)c2)c1)Nc1ccc(N2CCOCC2)cn1. The Bertz CT molecular complexity index is 1260. The number of ether oxygens (including phenoxy) is 1. The second kappa shape index (κ2) is 11.0. The van der Waals surface area contributed by atoms with Gasteiger partial charge in [0.1, 0.15) is 5.82 Å². The molecule has 1 aromatic carbocycles. The lowest BCUT2D eigenvalue weighted by atomic mass is 10.1. The van der Waals surface area contributed by atoms with Crippen molar-refractivity contribution in [2.24, 2.45) is 0 Å². The molecule has 2 aromatic heterocycles. The zero-order valence-corrected chi connectivity index (χ0v) is 19.0. The molecule has 0 spiro atoms. The van der Waals surface area contributed by atoms with Gasteiger partial charge in [-0.25, -0.2) is 4.98 Å². The van der Waals surface area contributed by atoms with E-state index in [2.05, 4.69) is 25.5 Å². The van der Waals surface area contributed by atoms with Crippen molar-refractivity contribution in [2.75, 3.05) is 41.8 Å². The van der Waals surface area contributed by atoms with Gasteiger partial charge in [-0.1, -0.05) is 6.07 Å². The summed E-state index contributed by atoms with van der Waals surface area (Å²) in [4.78, 5) is 35.2. The Morgan fingerprint density at radius 1 is 1.00 bits per heavy atom. The van der Waals surface area contributed by atoms with E-state index in [0.29, 0.717) is 24.6 Å². The summed E-state index contributed by atoms with van der Waals surface area (Å²) >= 11 is 0. The molecule has 0 aliphatic carbocycles. The van der Waals surface area contributed by atoms with Gasteiger partial charge < -0.3 is 20.3 Å². The topological polar surface area (TPSA) is 96.5 Å². The summed E-state index contributed by atoms with van der Waals surface area (Å²) in [5.41, 5.74) is 0.652. The number of nitrogens with zero attached hydrogens (tertiary/aromatic N) is 3. The zero-order valence-electron chi connectivity index (χ0n) is 19.0. The van der Waals surface area contributed by atoms with Crippen molar-refractivity contribution in [3.63, 3.8) is 0 Å². The minimum Gasteiger partial charge on any atom is -0.378 e. The lowest BCUT2D eigenvalue weighted by molar-refractivity contribution is -0.137. The number of benzene rings is 1. The van der Waals surface area contributed by atoms with E-state index < -0.39 is 23.6 Å². The van der Waals surface area contributed by atoms with Crippen LogP contribution < -0.4 is 15.5 Å². The first kappa shape index (κ1) is 24.9. The molecule has 1 aliphatic heterocycles. The van der Waals surface area contributed by atoms with Gasteiger partial charge in [-0.05, 0) is 48.0 Å². The van der Waals surface area contributed by atoms with E-state index in [1.165, 1.54) is 42.7 Å². The van der Waals surface area contributed by atoms with E-state index in [0.717, 1.165) is 30.9 Å². The molecule has 2 N–H and O–H groups in total. The van der Waals surface area contributed by atoms with Crippen molar-refractivity contribution in [3.8, 4) is 0 Å². The van der Waals surface area contributed by atoms with Crippen LogP contribution >= 0.6 is 0 Å². The van der Waals surface area contributed by atoms with Gasteiger partial charge in [0.25, 0.3) is 5.91 Å². The Hall–Kier alpha value is -4.25. The van der Waals surface area contributed by atoms with Crippen LogP contribution in [0.25, 0.3) is 6.08 Å². The summed E-state index contributed by atoms with van der Waals surface area (Å²) in [6.07, 6.45) is 2.62. The van der Waals surface area contributed by atoms with Crippen molar-refractivity contribution in [1.29, 1.82) is 0 Å². The summed E-state index contributed by atoms with van der Waals surface area (Å²) < 4.78 is 44.0. The predicted octanol–water partition coefficient (Wildman–Crippen LogP) is 4.24. The van der Waals surface area contributed by atoms with Crippen LogP contribution in [0, 0.1) is 0 Å². The Kier molecular flexibility index (Phi) is 7.59. The van der Waals surface area contributed by atoms with Gasteiger partial charge in [-0.3, -0.25) is 14.6 Å². The van der Waals surface area contributed by atoms with Crippen LogP contribution in [0.1, 0.15) is 21.5 Å². The summed E-state index contributed by atoms with van der Waals surface area (Å²) in [6.45, 7) is 2.88. The summed E-state index contributed by atoms with van der Waals surface area (Å²) in [5, 5.41) is 5.08. The largest absolute Gasteiger partial charge is 0.416 e. The maximum atomic E-state index is 12.9. The second-order valence-corrected chi connectivity index (χ2v) is 7.86. The third-order valence-electron chi connectivity index (χ3n) is 5.27. The maximum absolute atomic E-state index is 12.9. The van der Waals surface area contributed by atoms with Crippen molar-refractivity contribution in [1.82, 2.24) is 9.97 Å². The van der Waals surface area contributed by atoms with E-state index in [4.69, 9.17) is 4.74 Å². The van der Waals surface area contributed by atoms with Crippen molar-refractivity contribution in [2.45, 2.75) is 6.18 Å². The third-order valence-corrected chi connectivity index (χ3v) is 5.27. The minimum absolute atomic E-state index is 0.00212. The molecular formula is C25H22F3N5O3. The van der Waals surface area contributed by atoms with Gasteiger partial charge in [0.05, 0.1) is 36.2 Å². The fraction of sp³-hybridized carbons (Fsp3) is 0.200. The summed E-state index contributed by atoms with van der Waals surface area (Å²) in [5.74, 6) is -0.680. The van der Waals surface area contributed by atoms with Crippen molar-refractivity contribution in [3.05, 3.63) is 83.8 Å². The summed E-state index contributed by atoms with van der Waals surface area (Å²) in [6, 6.07) is 9.37. The standard InChI is InChI=1S/C25H22F3N5O3/c26-25(27,28)19-2-1-3-20(13-19)31-24(35)18-12-17(14-29-15-18)4-7-23(34)32-22-6-5-21(16-30-22)33-8-10-36-11-9-33/h1-7,12-16H,8-11H2,(H,31,35)(H,30,32,34). The molecule has 11 heteroatoms. The van der Waals surface area contributed by atoms with E-state index in [1.807, 2.05) is 6.07 Å². The first-order valence-electron chi connectivity index (χ1n) is 11.0. The molecule has 0 saturated carbocycles. The van der Waals surface area contributed by atoms with Crippen LogP contribution in [0.5, 0.6) is 0 Å². The maximum Gasteiger partial charge on any atom is 0.416 e. The number of carbonyl (C=O) groups excluding carboxylic acids is 2. The monoisotopic (exact) mass is 497 g/mol. The van der Waals surface area contributed by atoms with E-state index in [9.17, 15) is 22.8 Å². The Morgan fingerprint density at radius 3 is 2.53 bits per heavy atom. The summed E-state index contributed by atoms with van der Waals surface area (Å²) in [7, 11) is 0. The normalized spacial score (nSPS) is 14.0. The Labute approximate surface area is 204 Å². The van der Waals surface area contributed by atoms with Crippen molar-refractivity contribution < 1.29 is 27.5 Å². The third kappa shape index (κ3) is 6.66. The lowest BCUT2D eigenvalue weighted by Crippen LogP contribution is -2.36. The number of morpholine rings is 1. The quantitative estimate of drug-likeness (QED) is 0.495. The molecule has 3 heterocycles.